The molecule has 2 saturated carbocycles. The van der Waals surface area contributed by atoms with Crippen molar-refractivity contribution in [2.24, 2.45) is 23.7 Å². The van der Waals surface area contributed by atoms with Crippen LogP contribution in [-0.2, 0) is 43.0 Å². The van der Waals surface area contributed by atoms with Crippen molar-refractivity contribution < 1.29 is 28.7 Å². The van der Waals surface area contributed by atoms with Gasteiger partial charge in [0.05, 0.1) is 38.0 Å². The number of carbonyl (C=O) groups is 4. The van der Waals surface area contributed by atoms with Crippen LogP contribution in [0, 0.1) is 23.7 Å². The molecule has 2 aliphatic heterocycles. The molecule has 0 radical (unpaired) electrons. The summed E-state index contributed by atoms with van der Waals surface area (Å²) in [5, 5.41) is 5.55. The summed E-state index contributed by atoms with van der Waals surface area (Å²) in [4.78, 5) is 73.5. The van der Waals surface area contributed by atoms with Crippen molar-refractivity contribution in [1.82, 2.24) is 40.4 Å². The highest BCUT2D eigenvalue weighted by atomic mass is 16.5. The lowest BCUT2D eigenvalue weighted by Gasteiger charge is -2.40. The number of rotatable bonds is 11. The number of alkyl carbamates (subject to hydrolysis) is 2. The van der Waals surface area contributed by atoms with Crippen molar-refractivity contribution in [3.63, 3.8) is 0 Å². The lowest BCUT2D eigenvalue weighted by molar-refractivity contribution is -0.141. The summed E-state index contributed by atoms with van der Waals surface area (Å²) in [6.07, 6.45) is 11.1. The first kappa shape index (κ1) is 40.7. The maximum absolute atomic E-state index is 14.1. The minimum atomic E-state index is -0.685. The summed E-state index contributed by atoms with van der Waals surface area (Å²) in [7, 11) is 2.63. The van der Waals surface area contributed by atoms with Crippen LogP contribution in [0.25, 0.3) is 33.6 Å². The molecule has 6 atom stereocenters. The Hall–Kier alpha value is -5.66. The van der Waals surface area contributed by atoms with Crippen LogP contribution in [0.2, 0.25) is 0 Å². The zero-order chi connectivity index (χ0) is 42.8. The molecule has 3 aliphatic carbocycles. The fourth-order valence-electron chi connectivity index (χ4n) is 11.4. The Balaban J connectivity index is 0.945. The molecule has 4 fully saturated rings. The monoisotopic (exact) mass is 830 g/mol. The van der Waals surface area contributed by atoms with Crippen LogP contribution in [0.5, 0.6) is 0 Å². The number of imidazole rings is 2. The number of piperidine rings is 2. The van der Waals surface area contributed by atoms with Gasteiger partial charge < -0.3 is 39.9 Å². The van der Waals surface area contributed by atoms with Crippen LogP contribution in [0.4, 0.5) is 9.59 Å². The van der Waals surface area contributed by atoms with Gasteiger partial charge in [-0.15, -0.1) is 0 Å². The van der Waals surface area contributed by atoms with Crippen LogP contribution in [0.15, 0.2) is 48.8 Å². The fraction of sp³-hybridized carbons (Fsp3) is 0.532. The van der Waals surface area contributed by atoms with Crippen molar-refractivity contribution in [1.29, 1.82) is 0 Å². The van der Waals surface area contributed by atoms with E-state index in [9.17, 15) is 19.2 Å². The summed E-state index contributed by atoms with van der Waals surface area (Å²) in [6, 6.07) is 11.7. The fourth-order valence-corrected chi connectivity index (χ4v) is 11.4. The van der Waals surface area contributed by atoms with Gasteiger partial charge in [0.25, 0.3) is 0 Å². The van der Waals surface area contributed by atoms with E-state index in [1.54, 1.807) is 0 Å². The van der Waals surface area contributed by atoms with E-state index in [4.69, 9.17) is 19.4 Å². The van der Waals surface area contributed by atoms with Crippen LogP contribution in [-0.4, -0.2) is 93.1 Å². The van der Waals surface area contributed by atoms with E-state index in [0.717, 1.165) is 97.5 Å². The van der Waals surface area contributed by atoms with E-state index in [1.807, 2.05) is 49.9 Å². The molecule has 0 unspecified atom stereocenters. The largest absolute Gasteiger partial charge is 0.453 e. The van der Waals surface area contributed by atoms with Crippen LogP contribution in [0.3, 0.4) is 0 Å². The van der Waals surface area contributed by atoms with E-state index < -0.39 is 35.3 Å². The third-order valence-electron chi connectivity index (χ3n) is 14.5. The lowest BCUT2D eigenvalue weighted by Crippen LogP contribution is -2.56. The molecule has 5 aliphatic rings. The number of aromatic amines is 2. The number of likely N-dealkylation sites (tertiary alicyclic amines) is 2. The molecule has 61 heavy (non-hydrogen) atoms. The number of fused-ring (bicyclic) bond motifs is 5. The van der Waals surface area contributed by atoms with Gasteiger partial charge in [0.1, 0.15) is 34.8 Å². The first-order valence-corrected chi connectivity index (χ1v) is 22.0. The number of nitrogens with one attached hydrogen (secondary N) is 4. The number of methoxy groups -OCH3 is 2. The third-order valence-corrected chi connectivity index (χ3v) is 14.5. The molecule has 4 bridgehead atoms. The normalized spacial score (nSPS) is 24.7. The number of amides is 4. The standard InChI is InChI=1S/C47H58N8O6/c1-26(2)38(52-44(58)60-5)40(56)54-24-28-16-18-46(54,20-28)42-48-22-36(50-42)31-12-10-30(11-13-31)32-14-15-35(34-9-7-8-33(32)34)37-23-49-43(51-37)47-19-17-29(21-47)25-55(47)41(57)39(27(3)4)53-45(59)61-6/h10-15,22-23,26-29,38-39H,7-9,16-21,24-25H2,1-6H3,(H,48,50)(H,49,51)(H,52,58)(H,53,59)/t28-,29-,38+,39+,46+,47+/m1/s1. The Labute approximate surface area is 357 Å². The smallest absolute Gasteiger partial charge is 0.407 e. The van der Waals surface area contributed by atoms with Crippen LogP contribution >= 0.6 is 0 Å². The molecule has 4 N–H and O–H groups in total. The number of aromatic nitrogens is 4. The van der Waals surface area contributed by atoms with Gasteiger partial charge in [-0.2, -0.15) is 0 Å². The Kier molecular flexibility index (Phi) is 10.5. The summed E-state index contributed by atoms with van der Waals surface area (Å²) in [6.45, 7) is 9.05. The molecular weight excluding hydrogens is 773 g/mol. The van der Waals surface area contributed by atoms with Crippen molar-refractivity contribution in [2.75, 3.05) is 27.3 Å². The summed E-state index contributed by atoms with van der Waals surface area (Å²) in [5.41, 5.74) is 8.05. The molecule has 2 saturated heterocycles. The van der Waals surface area contributed by atoms with Gasteiger partial charge in [0.15, 0.2) is 0 Å². The highest BCUT2D eigenvalue weighted by Gasteiger charge is 2.58. The quantitative estimate of drug-likeness (QED) is 0.124. The second kappa shape index (κ2) is 15.7. The average Bonchev–Trinajstić information content (AvgIpc) is 4.13. The van der Waals surface area contributed by atoms with E-state index in [0.29, 0.717) is 24.9 Å². The summed E-state index contributed by atoms with van der Waals surface area (Å²) >= 11 is 0. The number of benzene rings is 2. The Morgan fingerprint density at radius 2 is 1.13 bits per heavy atom. The number of carbonyl (C=O) groups excluding carboxylic acids is 4. The first-order valence-electron chi connectivity index (χ1n) is 22.0. The zero-order valence-electron chi connectivity index (χ0n) is 36.1. The van der Waals surface area contributed by atoms with Gasteiger partial charge in [-0.05, 0) is 109 Å². The van der Waals surface area contributed by atoms with E-state index in [1.165, 1.54) is 30.9 Å². The molecule has 322 valence electrons. The highest BCUT2D eigenvalue weighted by molar-refractivity contribution is 5.88. The van der Waals surface area contributed by atoms with E-state index in [2.05, 4.69) is 57.0 Å². The average molecular weight is 831 g/mol. The Morgan fingerprint density at radius 3 is 1.62 bits per heavy atom. The van der Waals surface area contributed by atoms with Gasteiger partial charge in [-0.1, -0.05) is 64.1 Å². The molecule has 4 amide bonds. The number of nitrogens with zero attached hydrogens (tertiary/aromatic N) is 4. The molecule has 2 aromatic heterocycles. The molecule has 2 aromatic carbocycles. The predicted molar refractivity (Wildman–Crippen MR) is 229 cm³/mol. The van der Waals surface area contributed by atoms with Gasteiger partial charge in [0, 0.05) is 18.7 Å². The van der Waals surface area contributed by atoms with Crippen molar-refractivity contribution in [2.45, 2.75) is 109 Å². The van der Waals surface area contributed by atoms with Crippen molar-refractivity contribution >= 4 is 24.0 Å². The molecule has 4 heterocycles. The molecule has 0 spiro atoms. The molecular formula is C47H58N8O6. The summed E-state index contributed by atoms with van der Waals surface area (Å²) < 4.78 is 9.69. The molecule has 9 rings (SSSR count). The number of ether oxygens (including phenoxy) is 2. The van der Waals surface area contributed by atoms with Gasteiger partial charge in [0.2, 0.25) is 11.8 Å². The minimum absolute atomic E-state index is 0.0879. The minimum Gasteiger partial charge on any atom is -0.453 e. The number of hydrogen-bond donors (Lipinski definition) is 4. The molecule has 4 aromatic rings. The molecule has 14 heteroatoms. The number of H-pyrrole nitrogens is 2. The predicted octanol–water partition coefficient (Wildman–Crippen LogP) is 7.06. The number of hydrogen-bond acceptors (Lipinski definition) is 8. The maximum Gasteiger partial charge on any atom is 0.407 e. The second-order valence-electron chi connectivity index (χ2n) is 18.7. The Bertz CT molecular complexity index is 2350. The SMILES string of the molecule is COC(=O)N[C@H](C(=O)N1C[C@@H]2CC[C@@]1(c1ncc(-c3ccc(-c4ccc(-c5cnc([C@@]67CC[C@@H](CN6C(=O)[C@@H](NC(=O)OC)C(C)C)C7)[nH]5)c5c4CCC5)cc3)[nH]1)C2)C(C)C. The Morgan fingerprint density at radius 1 is 0.672 bits per heavy atom. The summed E-state index contributed by atoms with van der Waals surface area (Å²) in [5.74, 6) is 2.03. The van der Waals surface area contributed by atoms with Gasteiger partial charge >= 0.3 is 12.2 Å². The van der Waals surface area contributed by atoms with Gasteiger partial charge in [-0.25, -0.2) is 19.6 Å². The zero-order valence-corrected chi connectivity index (χ0v) is 36.1. The van der Waals surface area contributed by atoms with Crippen molar-refractivity contribution in [3.8, 4) is 33.6 Å². The second-order valence-corrected chi connectivity index (χ2v) is 18.7. The third kappa shape index (κ3) is 6.86. The topological polar surface area (TPSA) is 175 Å². The molecule has 14 nitrogen and oxygen atoms in total. The van der Waals surface area contributed by atoms with E-state index >= 15 is 0 Å². The first-order chi connectivity index (χ1) is 29.3. The maximum atomic E-state index is 14.1. The lowest BCUT2D eigenvalue weighted by atomic mass is 9.92. The van der Waals surface area contributed by atoms with Crippen molar-refractivity contribution in [3.05, 3.63) is 71.6 Å². The van der Waals surface area contributed by atoms with Crippen LogP contribution < -0.4 is 10.6 Å². The van der Waals surface area contributed by atoms with Gasteiger partial charge in [-0.3, -0.25) is 9.59 Å². The van der Waals surface area contributed by atoms with E-state index in [-0.39, 0.29) is 23.7 Å². The highest BCUT2D eigenvalue weighted by Crippen LogP contribution is 2.54. The van der Waals surface area contributed by atoms with Crippen LogP contribution in [0.1, 0.15) is 95.4 Å².